The van der Waals surface area contributed by atoms with E-state index in [4.69, 9.17) is 20.6 Å². The number of nitrogen functional groups attached to an aromatic ring is 1. The van der Waals surface area contributed by atoms with Gasteiger partial charge in [-0.15, -0.1) is 0 Å². The lowest BCUT2D eigenvalue weighted by molar-refractivity contribution is -0.0105. The van der Waals surface area contributed by atoms with Crippen molar-refractivity contribution in [1.29, 1.82) is 5.41 Å². The topological polar surface area (TPSA) is 131 Å². The fourth-order valence-corrected chi connectivity index (χ4v) is 5.13. The lowest BCUT2D eigenvalue weighted by Crippen LogP contribution is -2.51. The maximum Gasteiger partial charge on any atom is 0.250 e. The van der Waals surface area contributed by atoms with E-state index in [1.54, 1.807) is 18.2 Å². The summed E-state index contributed by atoms with van der Waals surface area (Å²) in [5, 5.41) is 22.5. The number of phenols is 1. The van der Waals surface area contributed by atoms with E-state index < -0.39 is 23.8 Å². The van der Waals surface area contributed by atoms with Crippen LogP contribution in [-0.4, -0.2) is 73.2 Å². The third-order valence-corrected chi connectivity index (χ3v) is 7.21. The van der Waals surface area contributed by atoms with Gasteiger partial charge in [0.1, 0.15) is 17.4 Å². The number of allylic oxidation sites excluding steroid dienone is 2. The van der Waals surface area contributed by atoms with Crippen molar-refractivity contribution >= 4 is 11.7 Å². The molecule has 10 nitrogen and oxygen atoms in total. The van der Waals surface area contributed by atoms with Crippen LogP contribution in [0.3, 0.4) is 0 Å². The molecule has 0 saturated carbocycles. The van der Waals surface area contributed by atoms with Crippen LogP contribution in [-0.2, 0) is 0 Å². The number of amidine groups is 2. The molecule has 0 aliphatic carbocycles. The number of rotatable bonds is 8. The summed E-state index contributed by atoms with van der Waals surface area (Å²) in [6.45, 7) is 2.72. The SMILES string of the molecule is CNN1C(Oc2cccc(C3=NCCN3C)c2)=C(F)C(C2CCNCC2)=C(F)C1Oc1cc(C(=N)N)ccc1O. The van der Waals surface area contributed by atoms with Gasteiger partial charge < -0.3 is 30.5 Å². The normalized spacial score (nSPS) is 20.2. The van der Waals surface area contributed by atoms with Crippen LogP contribution in [0.25, 0.3) is 0 Å². The number of nitrogens with one attached hydrogen (secondary N) is 3. The average Bonchev–Trinajstić information content (AvgIpc) is 3.39. The molecule has 212 valence electrons. The second-order valence-electron chi connectivity index (χ2n) is 9.82. The van der Waals surface area contributed by atoms with Gasteiger partial charge in [-0.2, -0.15) is 0 Å². The molecule has 2 aromatic carbocycles. The second kappa shape index (κ2) is 11.5. The van der Waals surface area contributed by atoms with Crippen molar-refractivity contribution in [3.63, 3.8) is 0 Å². The van der Waals surface area contributed by atoms with E-state index in [9.17, 15) is 5.11 Å². The zero-order valence-electron chi connectivity index (χ0n) is 22.4. The molecule has 1 fully saturated rings. The molecule has 2 aromatic rings. The van der Waals surface area contributed by atoms with E-state index in [2.05, 4.69) is 15.7 Å². The van der Waals surface area contributed by atoms with Crippen molar-refractivity contribution in [3.05, 3.63) is 76.7 Å². The predicted molar refractivity (Wildman–Crippen MR) is 147 cm³/mol. The molecule has 3 aliphatic rings. The Kier molecular flexibility index (Phi) is 7.90. The molecule has 1 unspecified atom stereocenters. The summed E-state index contributed by atoms with van der Waals surface area (Å²) >= 11 is 0. The van der Waals surface area contributed by atoms with Crippen molar-refractivity contribution in [2.75, 3.05) is 40.3 Å². The van der Waals surface area contributed by atoms with Gasteiger partial charge in [-0.05, 0) is 62.2 Å². The number of aromatic hydroxyl groups is 1. The van der Waals surface area contributed by atoms with Crippen molar-refractivity contribution in [2.45, 2.75) is 19.1 Å². The Bertz CT molecular complexity index is 1390. The highest BCUT2D eigenvalue weighted by Gasteiger charge is 2.42. The van der Waals surface area contributed by atoms with E-state index in [-0.39, 0.29) is 34.4 Å². The smallest absolute Gasteiger partial charge is 0.250 e. The van der Waals surface area contributed by atoms with Crippen LogP contribution in [0.5, 0.6) is 17.2 Å². The highest BCUT2D eigenvalue weighted by atomic mass is 19.1. The first-order chi connectivity index (χ1) is 19.3. The van der Waals surface area contributed by atoms with Crippen molar-refractivity contribution in [1.82, 2.24) is 20.7 Å². The number of benzene rings is 2. The molecule has 0 amide bonds. The molecule has 5 rings (SSSR count). The molecule has 0 spiro atoms. The first-order valence-electron chi connectivity index (χ1n) is 13.1. The fraction of sp³-hybridized carbons (Fsp3) is 0.357. The number of piperidine rings is 1. The Balaban J connectivity index is 1.55. The summed E-state index contributed by atoms with van der Waals surface area (Å²) in [4.78, 5) is 6.56. The van der Waals surface area contributed by atoms with Crippen LogP contribution >= 0.6 is 0 Å². The molecule has 1 atom stereocenters. The molecule has 0 bridgehead atoms. The predicted octanol–water partition coefficient (Wildman–Crippen LogP) is 2.96. The first kappa shape index (κ1) is 27.4. The first-order valence-corrected chi connectivity index (χ1v) is 13.1. The number of nitrogens with zero attached hydrogens (tertiary/aromatic N) is 3. The Labute approximate surface area is 231 Å². The Morgan fingerprint density at radius 3 is 2.65 bits per heavy atom. The summed E-state index contributed by atoms with van der Waals surface area (Å²) in [5.74, 6) is -1.88. The zero-order valence-corrected chi connectivity index (χ0v) is 22.4. The molecule has 40 heavy (non-hydrogen) atoms. The van der Waals surface area contributed by atoms with Crippen LogP contribution in [0.15, 0.2) is 70.6 Å². The number of ether oxygens (including phenoxy) is 2. The maximum absolute atomic E-state index is 16.3. The van der Waals surface area contributed by atoms with Crippen molar-refractivity contribution in [2.24, 2.45) is 16.6 Å². The maximum atomic E-state index is 16.3. The lowest BCUT2D eigenvalue weighted by Gasteiger charge is -2.38. The van der Waals surface area contributed by atoms with E-state index in [1.807, 2.05) is 18.0 Å². The molecular weight excluding hydrogens is 520 g/mol. The van der Waals surface area contributed by atoms with Crippen LogP contribution in [0.2, 0.25) is 0 Å². The van der Waals surface area contributed by atoms with Crippen LogP contribution in [0, 0.1) is 11.3 Å². The Morgan fingerprint density at radius 2 is 1.98 bits per heavy atom. The third kappa shape index (κ3) is 5.32. The zero-order chi connectivity index (χ0) is 28.4. The van der Waals surface area contributed by atoms with E-state index in [0.29, 0.717) is 38.2 Å². The minimum Gasteiger partial charge on any atom is -0.504 e. The average molecular weight is 554 g/mol. The Hall–Kier alpha value is -4.16. The molecule has 0 aromatic heterocycles. The van der Waals surface area contributed by atoms with Gasteiger partial charge in [0.25, 0.3) is 5.88 Å². The van der Waals surface area contributed by atoms with Crippen molar-refractivity contribution in [3.8, 4) is 17.2 Å². The van der Waals surface area contributed by atoms with Gasteiger partial charge >= 0.3 is 0 Å². The van der Waals surface area contributed by atoms with E-state index in [1.165, 1.54) is 25.2 Å². The van der Waals surface area contributed by atoms with Crippen LogP contribution < -0.4 is 25.9 Å². The highest BCUT2D eigenvalue weighted by molar-refractivity contribution is 6.00. The quantitative estimate of drug-likeness (QED) is 0.249. The summed E-state index contributed by atoms with van der Waals surface area (Å²) in [7, 11) is 3.43. The number of hydrogen-bond donors (Lipinski definition) is 5. The number of aliphatic imine (C=N–C) groups is 1. The summed E-state index contributed by atoms with van der Waals surface area (Å²) in [6.07, 6.45) is -0.462. The largest absolute Gasteiger partial charge is 0.504 e. The van der Waals surface area contributed by atoms with Gasteiger partial charge in [0, 0.05) is 37.3 Å². The number of halogens is 2. The molecular formula is C28H33F2N7O3. The van der Waals surface area contributed by atoms with Gasteiger partial charge in [-0.25, -0.2) is 19.2 Å². The van der Waals surface area contributed by atoms with E-state index in [0.717, 1.165) is 23.0 Å². The Morgan fingerprint density at radius 1 is 1.20 bits per heavy atom. The molecule has 12 heteroatoms. The minimum atomic E-state index is -1.52. The molecule has 6 N–H and O–H groups in total. The van der Waals surface area contributed by atoms with Gasteiger partial charge in [0.2, 0.25) is 6.23 Å². The van der Waals surface area contributed by atoms with Gasteiger partial charge in [-0.1, -0.05) is 12.1 Å². The molecule has 3 heterocycles. The van der Waals surface area contributed by atoms with E-state index >= 15 is 8.78 Å². The third-order valence-electron chi connectivity index (χ3n) is 7.21. The fourth-order valence-electron chi connectivity index (χ4n) is 5.13. The van der Waals surface area contributed by atoms with Crippen molar-refractivity contribution < 1.29 is 23.4 Å². The number of hydrazine groups is 1. The van der Waals surface area contributed by atoms with Gasteiger partial charge in [0.15, 0.2) is 23.2 Å². The molecule has 3 aliphatic heterocycles. The number of likely N-dealkylation sites (N-methyl/N-ethyl adjacent to an activating group) is 1. The van der Waals surface area contributed by atoms with Crippen LogP contribution in [0.1, 0.15) is 24.0 Å². The number of phenolic OH excluding ortho intramolecular Hbond substituents is 1. The second-order valence-corrected chi connectivity index (χ2v) is 9.82. The monoisotopic (exact) mass is 553 g/mol. The van der Waals surface area contributed by atoms with Gasteiger partial charge in [0.05, 0.1) is 6.54 Å². The highest BCUT2D eigenvalue weighted by Crippen LogP contribution is 2.42. The summed E-state index contributed by atoms with van der Waals surface area (Å²) in [5.41, 5.74) is 9.35. The lowest BCUT2D eigenvalue weighted by atomic mass is 9.87. The summed E-state index contributed by atoms with van der Waals surface area (Å²) in [6, 6.07) is 11.2. The minimum absolute atomic E-state index is 0.119. The number of nitrogens with two attached hydrogens (primary N) is 1. The molecule has 0 radical (unpaired) electrons. The number of hydrogen-bond acceptors (Lipinski definition) is 9. The summed E-state index contributed by atoms with van der Waals surface area (Å²) < 4.78 is 44.6. The standard InChI is InChI=1S/C28H33F2N7O3/c1-33-37-27(39-19-5-3-4-18(14-19)26-35-12-13-36(26)2)23(29)22(16-8-10-34-11-9-16)24(30)28(37)40-21-15-17(25(31)32)6-7-20(21)38/h3-7,14-16,28,33-34,38H,8-13H2,1-2H3,(H3,31,32). The molecule has 1 saturated heterocycles. The van der Waals surface area contributed by atoms with Crippen LogP contribution in [0.4, 0.5) is 8.78 Å². The van der Waals surface area contributed by atoms with Gasteiger partial charge in [-0.3, -0.25) is 10.4 Å².